The van der Waals surface area contributed by atoms with E-state index in [1.807, 2.05) is 30.3 Å². The van der Waals surface area contributed by atoms with Crippen LogP contribution < -0.4 is 10.9 Å². The molecular formula is C20H25N5O2. The molecule has 3 rings (SSSR count). The van der Waals surface area contributed by atoms with Crippen molar-refractivity contribution in [3.63, 3.8) is 0 Å². The summed E-state index contributed by atoms with van der Waals surface area (Å²) in [6.45, 7) is 4.26. The molecule has 0 radical (unpaired) electrons. The molecular weight excluding hydrogens is 342 g/mol. The molecule has 1 atom stereocenters. The average molecular weight is 367 g/mol. The van der Waals surface area contributed by atoms with Gasteiger partial charge in [0.2, 0.25) is 5.91 Å². The van der Waals surface area contributed by atoms with E-state index in [0.717, 1.165) is 5.56 Å². The maximum Gasteiger partial charge on any atom is 0.248 e. The number of phenolic OH excluding ortho intramolecular Hbond substituents is 1. The fraction of sp³-hybridized carbons (Fsp3) is 0.300. The minimum atomic E-state index is -0.644. The van der Waals surface area contributed by atoms with Crippen molar-refractivity contribution in [3.8, 4) is 5.75 Å². The van der Waals surface area contributed by atoms with Gasteiger partial charge in [0.25, 0.3) is 0 Å². The molecule has 0 aliphatic carbocycles. The van der Waals surface area contributed by atoms with Gasteiger partial charge in [0.05, 0.1) is 5.56 Å². The van der Waals surface area contributed by atoms with Crippen LogP contribution in [0.2, 0.25) is 0 Å². The van der Waals surface area contributed by atoms with Gasteiger partial charge >= 0.3 is 0 Å². The van der Waals surface area contributed by atoms with Crippen LogP contribution in [-0.2, 0) is 4.79 Å². The van der Waals surface area contributed by atoms with E-state index in [0.29, 0.717) is 17.3 Å². The van der Waals surface area contributed by atoms with Crippen molar-refractivity contribution in [1.29, 1.82) is 0 Å². The lowest BCUT2D eigenvalue weighted by atomic mass is 9.98. The first-order valence-corrected chi connectivity index (χ1v) is 8.90. The van der Waals surface area contributed by atoms with Gasteiger partial charge in [0.1, 0.15) is 5.75 Å². The number of hydrazine groups is 2. The predicted octanol–water partition coefficient (Wildman–Crippen LogP) is 2.33. The summed E-state index contributed by atoms with van der Waals surface area (Å²) >= 11 is 0. The quantitative estimate of drug-likeness (QED) is 0.756. The zero-order chi connectivity index (χ0) is 19.6. The van der Waals surface area contributed by atoms with Crippen LogP contribution in [0.25, 0.3) is 0 Å². The van der Waals surface area contributed by atoms with Crippen molar-refractivity contribution in [2.75, 3.05) is 14.1 Å². The number of aromatic hydroxyl groups is 1. The van der Waals surface area contributed by atoms with Crippen molar-refractivity contribution in [3.05, 3.63) is 65.2 Å². The third kappa shape index (κ3) is 3.59. The molecule has 0 spiro atoms. The van der Waals surface area contributed by atoms with Gasteiger partial charge in [-0.1, -0.05) is 50.2 Å². The molecule has 3 N–H and O–H groups in total. The Hall–Kier alpha value is -3.06. The van der Waals surface area contributed by atoms with Gasteiger partial charge in [-0.15, -0.1) is 10.2 Å². The van der Waals surface area contributed by atoms with E-state index in [9.17, 15) is 9.90 Å². The predicted molar refractivity (Wildman–Crippen MR) is 105 cm³/mol. The molecule has 7 nitrogen and oxygen atoms in total. The monoisotopic (exact) mass is 367 g/mol. The Kier molecular flexibility index (Phi) is 5.32. The summed E-state index contributed by atoms with van der Waals surface area (Å²) in [6.07, 6.45) is 0. The van der Waals surface area contributed by atoms with Crippen LogP contribution in [0, 0.1) is 0 Å². The molecule has 0 aromatic heterocycles. The lowest BCUT2D eigenvalue weighted by molar-refractivity contribution is -0.130. The summed E-state index contributed by atoms with van der Waals surface area (Å²) in [7, 11) is 3.38. The van der Waals surface area contributed by atoms with Crippen LogP contribution in [0.15, 0.2) is 53.6 Å². The highest BCUT2D eigenvalue weighted by Gasteiger charge is 2.37. The fourth-order valence-electron chi connectivity index (χ4n) is 3.11. The highest BCUT2D eigenvalue weighted by atomic mass is 16.3. The number of hydrogen-bond acceptors (Lipinski definition) is 6. The summed E-state index contributed by atoms with van der Waals surface area (Å²) in [5.74, 6) is 0.805. The van der Waals surface area contributed by atoms with E-state index in [2.05, 4.69) is 29.8 Å². The largest absolute Gasteiger partial charge is 0.507 e. The van der Waals surface area contributed by atoms with Gasteiger partial charge in [-0.3, -0.25) is 9.80 Å². The Morgan fingerprint density at radius 2 is 1.74 bits per heavy atom. The highest BCUT2D eigenvalue weighted by Crippen LogP contribution is 2.30. The molecule has 1 aliphatic rings. The fourth-order valence-corrected chi connectivity index (χ4v) is 3.11. The maximum atomic E-state index is 12.8. The first kappa shape index (κ1) is 18.7. The van der Waals surface area contributed by atoms with Crippen LogP contribution >= 0.6 is 0 Å². The number of rotatable bonds is 5. The summed E-state index contributed by atoms with van der Waals surface area (Å²) < 4.78 is 0. The number of benzene rings is 2. The van der Waals surface area contributed by atoms with Crippen molar-refractivity contribution in [1.82, 2.24) is 21.0 Å². The van der Waals surface area contributed by atoms with Gasteiger partial charge in [0, 0.05) is 14.1 Å². The zero-order valence-corrected chi connectivity index (χ0v) is 16.0. The van der Waals surface area contributed by atoms with Crippen molar-refractivity contribution in [2.24, 2.45) is 5.10 Å². The molecule has 1 aliphatic heterocycles. The summed E-state index contributed by atoms with van der Waals surface area (Å²) in [6, 6.07) is 14.3. The molecule has 1 amide bonds. The summed E-state index contributed by atoms with van der Waals surface area (Å²) in [5, 5.41) is 20.7. The molecule has 0 bridgehead atoms. The minimum absolute atomic E-state index is 0.101. The number of amidine groups is 1. The standard InChI is InChI=1S/C20H25N5O2/c1-13(2)14-9-11-15(12-10-14)18(20(27)21-3)25-19(22-23-24(25)4)16-7-5-6-8-17(16)26/h5-13,18,23,26H,1-4H3,(H,21,27). The normalized spacial score (nSPS) is 15.4. The first-order chi connectivity index (χ1) is 12.9. The second-order valence-corrected chi connectivity index (χ2v) is 6.76. The average Bonchev–Trinajstić information content (AvgIpc) is 3.04. The van der Waals surface area contributed by atoms with Crippen molar-refractivity contribution >= 4 is 11.7 Å². The van der Waals surface area contributed by atoms with Crippen LogP contribution in [0.1, 0.15) is 42.5 Å². The molecule has 27 heavy (non-hydrogen) atoms. The Bertz CT molecular complexity index is 848. The van der Waals surface area contributed by atoms with E-state index >= 15 is 0 Å². The molecule has 0 saturated carbocycles. The molecule has 142 valence electrons. The number of nitrogens with one attached hydrogen (secondary N) is 2. The highest BCUT2D eigenvalue weighted by molar-refractivity contribution is 6.03. The van der Waals surface area contributed by atoms with Crippen molar-refractivity contribution in [2.45, 2.75) is 25.8 Å². The van der Waals surface area contributed by atoms with Crippen LogP contribution in [0.4, 0.5) is 0 Å². The topological polar surface area (TPSA) is 80.2 Å². The molecule has 2 aromatic rings. The lowest BCUT2D eigenvalue weighted by Crippen LogP contribution is -2.49. The van der Waals surface area contributed by atoms with Gasteiger partial charge < -0.3 is 10.4 Å². The number of phenols is 1. The number of carbonyl (C=O) groups excluding carboxylic acids is 1. The Labute approximate surface area is 159 Å². The van der Waals surface area contributed by atoms with E-state index in [-0.39, 0.29) is 11.7 Å². The van der Waals surface area contributed by atoms with Gasteiger partial charge in [-0.05, 0) is 29.2 Å². The lowest BCUT2D eigenvalue weighted by Gasteiger charge is -2.33. The summed E-state index contributed by atoms with van der Waals surface area (Å²) in [5.41, 5.74) is 5.44. The molecule has 2 aromatic carbocycles. The molecule has 0 saturated heterocycles. The van der Waals surface area contributed by atoms with Gasteiger partial charge in [0.15, 0.2) is 11.9 Å². The molecule has 1 unspecified atom stereocenters. The number of para-hydroxylation sites is 1. The second-order valence-electron chi connectivity index (χ2n) is 6.76. The van der Waals surface area contributed by atoms with E-state index in [1.54, 1.807) is 42.4 Å². The second kappa shape index (κ2) is 7.67. The Morgan fingerprint density at radius 3 is 2.33 bits per heavy atom. The first-order valence-electron chi connectivity index (χ1n) is 8.90. The van der Waals surface area contributed by atoms with Gasteiger partial charge in [-0.2, -0.15) is 0 Å². The Morgan fingerprint density at radius 1 is 1.11 bits per heavy atom. The van der Waals surface area contributed by atoms with Gasteiger partial charge in [-0.25, -0.2) is 5.53 Å². The number of hydrazone groups is 1. The molecule has 0 fully saturated rings. The summed E-state index contributed by atoms with van der Waals surface area (Å²) in [4.78, 5) is 12.8. The number of carbonyl (C=O) groups is 1. The third-order valence-electron chi connectivity index (χ3n) is 4.64. The maximum absolute atomic E-state index is 12.8. The molecule has 1 heterocycles. The third-order valence-corrected chi connectivity index (χ3v) is 4.64. The minimum Gasteiger partial charge on any atom is -0.507 e. The number of nitrogens with zero attached hydrogens (tertiary/aromatic N) is 3. The van der Waals surface area contributed by atoms with Crippen LogP contribution in [0.3, 0.4) is 0 Å². The van der Waals surface area contributed by atoms with Crippen molar-refractivity contribution < 1.29 is 9.90 Å². The zero-order valence-electron chi connectivity index (χ0n) is 16.0. The Balaban J connectivity index is 2.04. The number of likely N-dealkylation sites (N-methyl/N-ethyl adjacent to an activating group) is 1. The van der Waals surface area contributed by atoms with Crippen LogP contribution in [0.5, 0.6) is 5.75 Å². The SMILES string of the molecule is CNC(=O)C(c1ccc(C(C)C)cc1)N1C(c2ccccc2O)=NNN1C. The van der Waals surface area contributed by atoms with E-state index < -0.39 is 6.04 Å². The van der Waals surface area contributed by atoms with E-state index in [4.69, 9.17) is 0 Å². The van der Waals surface area contributed by atoms with Crippen LogP contribution in [-0.4, -0.2) is 41.1 Å². The van der Waals surface area contributed by atoms with E-state index in [1.165, 1.54) is 5.56 Å². The number of hydrogen-bond donors (Lipinski definition) is 3. The molecule has 7 heteroatoms. The smallest absolute Gasteiger partial charge is 0.248 e. The number of amides is 1.